The van der Waals surface area contributed by atoms with Gasteiger partial charge in [0.1, 0.15) is 0 Å². The lowest BCUT2D eigenvalue weighted by molar-refractivity contribution is 0.686. The molecule has 1 N–H and O–H groups in total. The van der Waals surface area contributed by atoms with Gasteiger partial charge in [-0.1, -0.05) is 30.3 Å². The first-order chi connectivity index (χ1) is 10.4. The Kier molecular flexibility index (Phi) is 3.40. The number of anilines is 1. The van der Waals surface area contributed by atoms with Crippen LogP contribution in [0.25, 0.3) is 10.1 Å². The summed E-state index contributed by atoms with van der Waals surface area (Å²) in [7, 11) is 0. The van der Waals surface area contributed by atoms with E-state index < -0.39 is 0 Å². The Bertz CT molecular complexity index is 772. The van der Waals surface area contributed by atoms with Gasteiger partial charge in [0, 0.05) is 16.9 Å². The molecule has 3 aromatic rings. The lowest BCUT2D eigenvalue weighted by Crippen LogP contribution is -2.08. The Hall–Kier alpha value is -1.80. The predicted molar refractivity (Wildman–Crippen MR) is 92.2 cm³/mol. The topological polar surface area (TPSA) is 12.0 Å². The molecule has 0 bridgehead atoms. The minimum absolute atomic E-state index is 0.917. The van der Waals surface area contributed by atoms with Gasteiger partial charge in [-0.15, -0.1) is 11.3 Å². The second-order valence-corrected chi connectivity index (χ2v) is 6.67. The van der Waals surface area contributed by atoms with E-state index in [9.17, 15) is 0 Å². The molecular weight excluding hydrogens is 274 g/mol. The molecule has 0 unspecified atom stereocenters. The van der Waals surface area contributed by atoms with Gasteiger partial charge in [0.25, 0.3) is 0 Å². The van der Waals surface area contributed by atoms with E-state index in [0.29, 0.717) is 0 Å². The zero-order valence-electron chi connectivity index (χ0n) is 12.1. The Morgan fingerprint density at radius 3 is 2.86 bits per heavy atom. The molecule has 21 heavy (non-hydrogen) atoms. The third kappa shape index (κ3) is 2.44. The van der Waals surface area contributed by atoms with E-state index in [1.54, 1.807) is 11.1 Å². The number of aryl methyl sites for hydroxylation is 1. The summed E-state index contributed by atoms with van der Waals surface area (Å²) in [5.41, 5.74) is 5.83. The van der Waals surface area contributed by atoms with Crippen molar-refractivity contribution in [2.45, 2.75) is 32.2 Å². The number of nitrogens with one attached hydrogen (secondary N) is 1. The molecule has 0 aliphatic heterocycles. The quantitative estimate of drug-likeness (QED) is 0.682. The van der Waals surface area contributed by atoms with Crippen molar-refractivity contribution in [1.82, 2.24) is 0 Å². The maximum absolute atomic E-state index is 3.67. The van der Waals surface area contributed by atoms with E-state index >= 15 is 0 Å². The first-order valence-corrected chi connectivity index (χ1v) is 8.59. The van der Waals surface area contributed by atoms with Gasteiger partial charge in [0.05, 0.1) is 0 Å². The summed E-state index contributed by atoms with van der Waals surface area (Å²) < 4.78 is 1.38. The Morgan fingerprint density at radius 2 is 1.86 bits per heavy atom. The molecule has 2 aromatic carbocycles. The molecule has 0 fully saturated rings. The van der Waals surface area contributed by atoms with Gasteiger partial charge in [-0.25, -0.2) is 0 Å². The number of fused-ring (bicyclic) bond motifs is 2. The van der Waals surface area contributed by atoms with Crippen LogP contribution in [0.15, 0.2) is 47.8 Å². The van der Waals surface area contributed by atoms with Crippen LogP contribution in [0.4, 0.5) is 5.69 Å². The van der Waals surface area contributed by atoms with Crippen LogP contribution in [0.5, 0.6) is 0 Å². The molecule has 2 heteroatoms. The van der Waals surface area contributed by atoms with Gasteiger partial charge in [-0.3, -0.25) is 0 Å². The van der Waals surface area contributed by atoms with Crippen LogP contribution < -0.4 is 5.32 Å². The molecule has 0 spiro atoms. The zero-order chi connectivity index (χ0) is 14.1. The smallest absolute Gasteiger partial charge is 0.0415 e. The largest absolute Gasteiger partial charge is 0.381 e. The molecule has 0 saturated carbocycles. The summed E-state index contributed by atoms with van der Waals surface area (Å²) in [6.07, 6.45) is 5.13. The fraction of sp³-hybridized carbons (Fsp3) is 0.263. The maximum atomic E-state index is 3.67. The molecule has 1 nitrogen and oxygen atoms in total. The molecular formula is C19H19NS. The second kappa shape index (κ2) is 5.53. The molecule has 1 aliphatic rings. The predicted octanol–water partition coefficient (Wildman–Crippen LogP) is 5.39. The molecule has 0 amide bonds. The first-order valence-electron chi connectivity index (χ1n) is 7.71. The van der Waals surface area contributed by atoms with Gasteiger partial charge in [0.15, 0.2) is 0 Å². The van der Waals surface area contributed by atoms with Crippen molar-refractivity contribution in [3.8, 4) is 0 Å². The maximum Gasteiger partial charge on any atom is 0.0415 e. The van der Waals surface area contributed by atoms with Crippen LogP contribution in [-0.2, 0) is 19.4 Å². The first kappa shape index (κ1) is 12.9. The van der Waals surface area contributed by atoms with Crippen LogP contribution in [0, 0.1) is 0 Å². The van der Waals surface area contributed by atoms with Crippen molar-refractivity contribution >= 4 is 27.1 Å². The standard InChI is InChI=1S/C19H19NS/c1-2-8-16-14(6-1)7-5-10-18(16)20-12-15-13-21-19-11-4-3-9-17(15)19/h3-5,7,9-11,13,20H,1-2,6,8,12H2. The van der Waals surface area contributed by atoms with E-state index in [0.717, 1.165) is 6.54 Å². The Morgan fingerprint density at radius 1 is 0.952 bits per heavy atom. The minimum atomic E-state index is 0.917. The number of benzene rings is 2. The van der Waals surface area contributed by atoms with E-state index in [4.69, 9.17) is 0 Å². The molecule has 0 radical (unpaired) electrons. The second-order valence-electron chi connectivity index (χ2n) is 5.76. The van der Waals surface area contributed by atoms with Crippen molar-refractivity contribution in [1.29, 1.82) is 0 Å². The normalized spacial score (nSPS) is 14.1. The van der Waals surface area contributed by atoms with Gasteiger partial charge in [-0.05, 0) is 65.3 Å². The molecule has 0 saturated heterocycles. The molecule has 4 rings (SSSR count). The third-order valence-electron chi connectivity index (χ3n) is 4.43. The van der Waals surface area contributed by atoms with Crippen LogP contribution in [0.3, 0.4) is 0 Å². The summed E-state index contributed by atoms with van der Waals surface area (Å²) in [6.45, 7) is 0.917. The van der Waals surface area contributed by atoms with Crippen molar-refractivity contribution in [3.63, 3.8) is 0 Å². The van der Waals surface area contributed by atoms with Crippen LogP contribution in [0.1, 0.15) is 29.5 Å². The highest BCUT2D eigenvalue weighted by atomic mass is 32.1. The monoisotopic (exact) mass is 293 g/mol. The minimum Gasteiger partial charge on any atom is -0.381 e. The van der Waals surface area contributed by atoms with Crippen LogP contribution in [0.2, 0.25) is 0 Å². The summed E-state index contributed by atoms with van der Waals surface area (Å²) in [6, 6.07) is 15.4. The SMILES string of the molecule is c1cc2c(c(NCc3csc4ccccc34)c1)CCCC2. The summed E-state index contributed by atoms with van der Waals surface area (Å²) >= 11 is 1.84. The summed E-state index contributed by atoms with van der Waals surface area (Å²) in [4.78, 5) is 0. The zero-order valence-corrected chi connectivity index (χ0v) is 12.9. The molecule has 106 valence electrons. The lowest BCUT2D eigenvalue weighted by atomic mass is 9.90. The van der Waals surface area contributed by atoms with Crippen LogP contribution >= 0.6 is 11.3 Å². The molecule has 1 aromatic heterocycles. The van der Waals surface area contributed by atoms with Crippen molar-refractivity contribution in [2.24, 2.45) is 0 Å². The van der Waals surface area contributed by atoms with Crippen LogP contribution in [-0.4, -0.2) is 0 Å². The highest BCUT2D eigenvalue weighted by Gasteiger charge is 2.13. The fourth-order valence-electron chi connectivity index (χ4n) is 3.31. The lowest BCUT2D eigenvalue weighted by Gasteiger charge is -2.20. The molecule has 0 atom stereocenters. The number of hydrogen-bond donors (Lipinski definition) is 1. The van der Waals surface area contributed by atoms with E-state index in [2.05, 4.69) is 53.2 Å². The highest BCUT2D eigenvalue weighted by Crippen LogP contribution is 2.30. The van der Waals surface area contributed by atoms with Gasteiger partial charge in [0.2, 0.25) is 0 Å². The van der Waals surface area contributed by atoms with Crippen molar-refractivity contribution in [2.75, 3.05) is 5.32 Å². The number of hydrogen-bond acceptors (Lipinski definition) is 2. The van der Waals surface area contributed by atoms with Gasteiger partial charge in [-0.2, -0.15) is 0 Å². The fourth-order valence-corrected chi connectivity index (χ4v) is 4.27. The van der Waals surface area contributed by atoms with E-state index in [1.165, 1.54) is 47.0 Å². The highest BCUT2D eigenvalue weighted by molar-refractivity contribution is 7.17. The van der Waals surface area contributed by atoms with E-state index in [-0.39, 0.29) is 0 Å². The van der Waals surface area contributed by atoms with Crippen molar-refractivity contribution < 1.29 is 0 Å². The summed E-state index contributed by atoms with van der Waals surface area (Å²) in [5.74, 6) is 0. The Balaban J connectivity index is 1.60. The van der Waals surface area contributed by atoms with E-state index in [1.807, 2.05) is 11.3 Å². The average molecular weight is 293 g/mol. The molecule has 1 aliphatic carbocycles. The van der Waals surface area contributed by atoms with Gasteiger partial charge >= 0.3 is 0 Å². The average Bonchev–Trinajstić information content (AvgIpc) is 2.96. The molecule has 1 heterocycles. The van der Waals surface area contributed by atoms with Crippen molar-refractivity contribution in [3.05, 3.63) is 64.5 Å². The number of thiophene rings is 1. The van der Waals surface area contributed by atoms with Gasteiger partial charge < -0.3 is 5.32 Å². The third-order valence-corrected chi connectivity index (χ3v) is 5.44. The Labute approximate surface area is 129 Å². The summed E-state index contributed by atoms with van der Waals surface area (Å²) in [5, 5.41) is 7.35. The number of rotatable bonds is 3.